The minimum absolute atomic E-state index is 0.149. The van der Waals surface area contributed by atoms with Gasteiger partial charge in [0, 0.05) is 42.3 Å². The Morgan fingerprint density at radius 2 is 0.485 bits per heavy atom. The van der Waals surface area contributed by atoms with Crippen LogP contribution in [0, 0.1) is 0 Å². The number of hydrogen-bond acceptors (Lipinski definition) is 3. The molecule has 68 heavy (non-hydrogen) atoms. The first-order chi connectivity index (χ1) is 33.2. The molecule has 0 spiro atoms. The summed E-state index contributed by atoms with van der Waals surface area (Å²) in [5, 5.41) is 24.3. The van der Waals surface area contributed by atoms with Gasteiger partial charge < -0.3 is 10.2 Å². The average molecular weight is 1010 g/mol. The zero-order valence-corrected chi connectivity index (χ0v) is 39.8. The highest BCUT2D eigenvalue weighted by molar-refractivity contribution is 9.10. The van der Waals surface area contributed by atoms with Crippen LogP contribution in [-0.2, 0) is 11.2 Å². The fourth-order valence-corrected chi connectivity index (χ4v) is 10.6. The van der Waals surface area contributed by atoms with Crippen LogP contribution in [0.5, 0.6) is 0 Å². The van der Waals surface area contributed by atoms with E-state index >= 15 is 0 Å². The molecule has 0 unspecified atom stereocenters. The van der Waals surface area contributed by atoms with Crippen molar-refractivity contribution in [3.8, 4) is 55.6 Å². The summed E-state index contributed by atoms with van der Waals surface area (Å²) in [5.41, 5.74) is 15.6. The van der Waals surface area contributed by atoms with Crippen LogP contribution in [0.25, 0.3) is 55.6 Å². The van der Waals surface area contributed by atoms with Crippen LogP contribution in [-0.4, -0.2) is 16.0 Å². The highest BCUT2D eigenvalue weighted by Gasteiger charge is 2.44. The predicted molar refractivity (Wildman–Crippen MR) is 282 cm³/mol. The Kier molecular flexibility index (Phi) is 11.3. The average Bonchev–Trinajstić information content (AvgIpc) is 3.96. The van der Waals surface area contributed by atoms with Gasteiger partial charge in [-0.05, 0) is 91.0 Å². The fraction of sp³-hybridized carbons (Fsp3) is 0.0317. The van der Waals surface area contributed by atoms with E-state index in [0.717, 1.165) is 98.0 Å². The molecule has 2 N–H and O–H groups in total. The summed E-state index contributed by atoms with van der Waals surface area (Å²) >= 11 is 6.84. The van der Waals surface area contributed by atoms with E-state index in [1.807, 2.05) is 146 Å². The second-order valence-corrected chi connectivity index (χ2v) is 19.0. The molecule has 0 radical (unpaired) electrons. The summed E-state index contributed by atoms with van der Waals surface area (Å²) < 4.78 is 2.22. The molecule has 0 atom stereocenters. The number of halogens is 2. The van der Waals surface area contributed by atoms with Crippen molar-refractivity contribution in [2.45, 2.75) is 11.2 Å². The molecule has 10 aromatic rings. The summed E-state index contributed by atoms with van der Waals surface area (Å²) in [6.07, 6.45) is 0. The summed E-state index contributed by atoms with van der Waals surface area (Å²) in [4.78, 5) is 11.9. The molecule has 326 valence electrons. The van der Waals surface area contributed by atoms with Gasteiger partial charge in [0.05, 0.1) is 0 Å². The monoisotopic (exact) mass is 1000 g/mol. The topological polar surface area (TPSA) is 57.5 Å². The van der Waals surface area contributed by atoms with Crippen molar-refractivity contribution in [3.05, 3.63) is 296 Å². The lowest BCUT2D eigenvalue weighted by Crippen LogP contribution is -2.26. The maximum atomic E-state index is 12.1. The van der Waals surface area contributed by atoms with Crippen LogP contribution in [0.4, 0.5) is 0 Å². The Labute approximate surface area is 413 Å². The smallest absolute Gasteiger partial charge is 0.194 e. The highest BCUT2D eigenvalue weighted by Crippen LogP contribution is 2.52. The molecule has 3 nitrogen and oxygen atoms in total. The Bertz CT molecular complexity index is 3180. The summed E-state index contributed by atoms with van der Waals surface area (Å²) in [6.45, 7) is 0. The van der Waals surface area contributed by atoms with E-state index in [1.54, 1.807) is 0 Å². The number of benzene rings is 10. The van der Waals surface area contributed by atoms with E-state index in [9.17, 15) is 15.0 Å². The van der Waals surface area contributed by atoms with E-state index in [2.05, 4.69) is 129 Å². The van der Waals surface area contributed by atoms with Crippen molar-refractivity contribution in [3.63, 3.8) is 0 Å². The first-order valence-corrected chi connectivity index (χ1v) is 24.1. The summed E-state index contributed by atoms with van der Waals surface area (Å²) in [7, 11) is 0. The van der Waals surface area contributed by atoms with Gasteiger partial charge in [0.25, 0.3) is 0 Å². The molecule has 0 heterocycles. The second-order valence-electron chi connectivity index (χ2n) is 17.2. The van der Waals surface area contributed by atoms with Gasteiger partial charge in [-0.15, -0.1) is 0 Å². The van der Waals surface area contributed by atoms with Gasteiger partial charge in [-0.25, -0.2) is 0 Å². The molecule has 13 rings (SSSR count). The lowest BCUT2D eigenvalue weighted by Gasteiger charge is -2.27. The number of hydrogen-bond donors (Lipinski definition) is 2. The molecule has 0 saturated heterocycles. The van der Waals surface area contributed by atoms with Crippen LogP contribution in [0.3, 0.4) is 0 Å². The van der Waals surface area contributed by atoms with Crippen molar-refractivity contribution in [1.29, 1.82) is 0 Å². The van der Waals surface area contributed by atoms with Gasteiger partial charge in [0.15, 0.2) is 5.78 Å². The van der Waals surface area contributed by atoms with Crippen LogP contribution in [0.15, 0.2) is 252 Å². The van der Waals surface area contributed by atoms with Crippen LogP contribution in [0.2, 0.25) is 0 Å². The van der Waals surface area contributed by atoms with Crippen molar-refractivity contribution in [1.82, 2.24) is 0 Å². The van der Waals surface area contributed by atoms with E-state index in [-0.39, 0.29) is 5.78 Å². The van der Waals surface area contributed by atoms with E-state index in [4.69, 9.17) is 0 Å². The maximum Gasteiger partial charge on any atom is 0.194 e. The zero-order valence-electron chi connectivity index (χ0n) is 36.7. The molecular weight excluding hydrogens is 964 g/mol. The molecule has 10 aromatic carbocycles. The van der Waals surface area contributed by atoms with Crippen LogP contribution >= 0.6 is 31.9 Å². The largest absolute Gasteiger partial charge is 0.376 e. The van der Waals surface area contributed by atoms with E-state index in [0.29, 0.717) is 0 Å². The Morgan fingerprint density at radius 3 is 0.765 bits per heavy atom. The van der Waals surface area contributed by atoms with Gasteiger partial charge in [0.1, 0.15) is 11.2 Å². The van der Waals surface area contributed by atoms with Crippen molar-refractivity contribution in [2.75, 3.05) is 0 Å². The number of ketones is 1. The predicted octanol–water partition coefficient (Wildman–Crippen LogP) is 15.7. The van der Waals surface area contributed by atoms with Gasteiger partial charge >= 0.3 is 0 Å². The number of carbonyl (C=O) groups is 1. The van der Waals surface area contributed by atoms with Gasteiger partial charge in [-0.2, -0.15) is 0 Å². The van der Waals surface area contributed by atoms with Crippen molar-refractivity contribution >= 4 is 37.6 Å². The fourth-order valence-electron chi connectivity index (χ4n) is 10.1. The third-order valence-corrected chi connectivity index (χ3v) is 14.5. The standard InChI is InChI=1S/C38H26O2.C13H8O.C12H8Br2/c39-37(33-13-5-1-9-29(33)30-10-2-6-14-34(30)37)27-21-17-25(18-22-27)26-19-23-28(24-20-26)38(40)35-15-7-3-11-31(35)32-12-4-8-16-36(32)38;14-13-11-7-3-1-5-9(11)10-6-2-4-8-12(10)13;13-11-5-1-9(2-6-11)10-3-7-12(14)8-4-10/h1-24,39-40H;2*1-8H. The molecule has 0 amide bonds. The molecule has 0 fully saturated rings. The van der Waals surface area contributed by atoms with Gasteiger partial charge in [-0.1, -0.05) is 250 Å². The molecule has 0 bridgehead atoms. The SMILES string of the molecule is Brc1ccc(-c2ccc(Br)cc2)cc1.O=C1c2ccccc2-c2ccccc21.OC1(c2ccc(-c3ccc(C4(O)c5ccccc5-c5ccccc54)cc3)cc2)c2ccccc2-c2ccccc21. The molecule has 3 aliphatic rings. The summed E-state index contributed by atoms with van der Waals surface area (Å²) in [5.74, 6) is 0.149. The highest BCUT2D eigenvalue weighted by atomic mass is 79.9. The number of aliphatic hydroxyl groups is 2. The number of fused-ring (bicyclic) bond motifs is 9. The molecule has 5 heteroatoms. The Morgan fingerprint density at radius 1 is 0.265 bits per heavy atom. The van der Waals surface area contributed by atoms with Crippen molar-refractivity contribution in [2.24, 2.45) is 0 Å². The lowest BCUT2D eigenvalue weighted by molar-refractivity contribution is 0.104. The van der Waals surface area contributed by atoms with E-state index in [1.165, 1.54) is 11.1 Å². The van der Waals surface area contributed by atoms with E-state index < -0.39 is 11.2 Å². The third kappa shape index (κ3) is 7.40. The molecule has 0 aromatic heterocycles. The second kappa shape index (κ2) is 17.8. The number of carbonyl (C=O) groups excluding carboxylic acids is 1. The number of rotatable bonds is 4. The molecule has 0 aliphatic heterocycles. The minimum Gasteiger partial charge on any atom is -0.376 e. The Balaban J connectivity index is 0.000000146. The summed E-state index contributed by atoms with van der Waals surface area (Å²) in [6, 6.07) is 81.0. The normalized spacial score (nSPS) is 13.6. The van der Waals surface area contributed by atoms with Crippen LogP contribution < -0.4 is 0 Å². The third-order valence-electron chi connectivity index (χ3n) is 13.4. The first kappa shape index (κ1) is 43.3. The maximum absolute atomic E-state index is 12.1. The Hall–Kier alpha value is -7.25. The molecule has 3 aliphatic carbocycles. The quantitative estimate of drug-likeness (QED) is 0.185. The van der Waals surface area contributed by atoms with Gasteiger partial charge in [-0.3, -0.25) is 4.79 Å². The van der Waals surface area contributed by atoms with Crippen molar-refractivity contribution < 1.29 is 15.0 Å². The first-order valence-electron chi connectivity index (χ1n) is 22.5. The molecule has 0 saturated carbocycles. The van der Waals surface area contributed by atoms with Crippen LogP contribution in [0.1, 0.15) is 49.3 Å². The molecular formula is C63H42Br2O3. The lowest BCUT2D eigenvalue weighted by atomic mass is 9.83. The zero-order chi connectivity index (χ0) is 46.4. The minimum atomic E-state index is -1.19. The van der Waals surface area contributed by atoms with Gasteiger partial charge in [0.2, 0.25) is 0 Å².